The number of rotatable bonds is 4. The molecule has 0 saturated carbocycles. The number of para-hydroxylation sites is 1. The number of morpholine rings is 1. The molecule has 3 rings (SSSR count). The van der Waals surface area contributed by atoms with Crippen molar-refractivity contribution < 1.29 is 9.53 Å². The second kappa shape index (κ2) is 7.32. The van der Waals surface area contributed by atoms with Crippen LogP contribution in [-0.2, 0) is 11.2 Å². The fourth-order valence-electron chi connectivity index (χ4n) is 3.53. The zero-order valence-corrected chi connectivity index (χ0v) is 14.1. The summed E-state index contributed by atoms with van der Waals surface area (Å²) in [5.74, 6) is 0.499. The van der Waals surface area contributed by atoms with E-state index < -0.39 is 0 Å². The molecule has 5 nitrogen and oxygen atoms in total. The van der Waals surface area contributed by atoms with E-state index >= 15 is 0 Å². The fourth-order valence-corrected chi connectivity index (χ4v) is 3.53. The standard InChI is InChI=1S/C18H27N3O2/c1-14(2)17(20-9-11-23-12-10-20)13-19-18(22)21-8-7-15-5-3-4-6-16(15)21/h3-6,14,17H,7-13H2,1-2H3,(H,19,22)/t17-/m0/s1. The minimum absolute atomic E-state index is 0.0221. The van der Waals surface area contributed by atoms with Gasteiger partial charge in [-0.15, -0.1) is 0 Å². The van der Waals surface area contributed by atoms with E-state index in [1.54, 1.807) is 0 Å². The Labute approximate surface area is 138 Å². The molecule has 0 unspecified atom stereocenters. The number of nitrogens with zero attached hydrogens (tertiary/aromatic N) is 2. The van der Waals surface area contributed by atoms with Crippen molar-refractivity contribution >= 4 is 11.7 Å². The molecule has 5 heteroatoms. The first-order chi connectivity index (χ1) is 11.2. The summed E-state index contributed by atoms with van der Waals surface area (Å²) < 4.78 is 5.44. The molecule has 2 amide bonds. The maximum Gasteiger partial charge on any atom is 0.321 e. The largest absolute Gasteiger partial charge is 0.379 e. The molecule has 1 N–H and O–H groups in total. The number of urea groups is 1. The quantitative estimate of drug-likeness (QED) is 0.925. The third-order valence-electron chi connectivity index (χ3n) is 4.88. The number of amides is 2. The van der Waals surface area contributed by atoms with Crippen LogP contribution < -0.4 is 10.2 Å². The van der Waals surface area contributed by atoms with Crippen molar-refractivity contribution in [1.82, 2.24) is 10.2 Å². The molecule has 0 bridgehead atoms. The van der Waals surface area contributed by atoms with Gasteiger partial charge in [0.2, 0.25) is 0 Å². The normalized spacial score (nSPS) is 19.7. The van der Waals surface area contributed by atoms with Gasteiger partial charge in [0.25, 0.3) is 0 Å². The van der Waals surface area contributed by atoms with E-state index in [2.05, 4.69) is 30.1 Å². The Balaban J connectivity index is 1.59. The number of ether oxygens (including phenoxy) is 1. The van der Waals surface area contributed by atoms with Gasteiger partial charge in [-0.1, -0.05) is 32.0 Å². The van der Waals surface area contributed by atoms with Gasteiger partial charge < -0.3 is 10.1 Å². The highest BCUT2D eigenvalue weighted by Crippen LogP contribution is 2.27. The van der Waals surface area contributed by atoms with Crippen LogP contribution in [0.15, 0.2) is 24.3 Å². The number of carbonyl (C=O) groups is 1. The predicted octanol–water partition coefficient (Wildman–Crippen LogP) is 2.12. The Hall–Kier alpha value is -1.59. The molecule has 0 aromatic heterocycles. The number of anilines is 1. The van der Waals surface area contributed by atoms with Gasteiger partial charge in [-0.05, 0) is 24.0 Å². The van der Waals surface area contributed by atoms with Crippen molar-refractivity contribution in [1.29, 1.82) is 0 Å². The summed E-state index contributed by atoms with van der Waals surface area (Å²) in [5.41, 5.74) is 2.31. The van der Waals surface area contributed by atoms with Crippen LogP contribution in [0.2, 0.25) is 0 Å². The third-order valence-corrected chi connectivity index (χ3v) is 4.88. The van der Waals surface area contributed by atoms with Gasteiger partial charge in [0.15, 0.2) is 0 Å². The molecule has 1 aromatic carbocycles. The van der Waals surface area contributed by atoms with E-state index in [4.69, 9.17) is 4.74 Å². The van der Waals surface area contributed by atoms with Crippen LogP contribution >= 0.6 is 0 Å². The Morgan fingerprint density at radius 1 is 1.22 bits per heavy atom. The molecule has 2 aliphatic rings. The average molecular weight is 317 g/mol. The van der Waals surface area contributed by atoms with E-state index in [1.165, 1.54) is 5.56 Å². The summed E-state index contributed by atoms with van der Waals surface area (Å²) in [5, 5.41) is 3.15. The maximum absolute atomic E-state index is 12.6. The van der Waals surface area contributed by atoms with Gasteiger partial charge in [0, 0.05) is 37.9 Å². The lowest BCUT2D eigenvalue weighted by molar-refractivity contribution is 0.00724. The number of benzene rings is 1. The van der Waals surface area contributed by atoms with Crippen LogP contribution in [0, 0.1) is 5.92 Å². The Morgan fingerprint density at radius 3 is 2.70 bits per heavy atom. The first kappa shape index (κ1) is 16.3. The lowest BCUT2D eigenvalue weighted by Crippen LogP contribution is -2.52. The SMILES string of the molecule is CC(C)[C@H](CNC(=O)N1CCc2ccccc21)N1CCOCC1. The number of hydrogen-bond donors (Lipinski definition) is 1. The number of hydrogen-bond acceptors (Lipinski definition) is 3. The van der Waals surface area contributed by atoms with E-state index in [9.17, 15) is 4.79 Å². The predicted molar refractivity (Wildman–Crippen MR) is 91.9 cm³/mol. The Bertz CT molecular complexity index is 541. The lowest BCUT2D eigenvalue weighted by atomic mass is 10.0. The third kappa shape index (κ3) is 3.67. The molecular weight excluding hydrogens is 290 g/mol. The summed E-state index contributed by atoms with van der Waals surface area (Å²) in [6.07, 6.45) is 0.945. The van der Waals surface area contributed by atoms with Gasteiger partial charge in [0.1, 0.15) is 0 Å². The molecule has 2 heterocycles. The van der Waals surface area contributed by atoms with E-state index in [0.29, 0.717) is 18.5 Å². The summed E-state index contributed by atoms with van der Waals surface area (Å²) in [4.78, 5) is 16.9. The van der Waals surface area contributed by atoms with Crippen molar-refractivity contribution in [2.24, 2.45) is 5.92 Å². The van der Waals surface area contributed by atoms with Crippen LogP contribution in [0.5, 0.6) is 0 Å². The maximum atomic E-state index is 12.6. The molecule has 2 aliphatic heterocycles. The van der Waals surface area contributed by atoms with E-state index in [0.717, 1.165) is 45.0 Å². The highest BCUT2D eigenvalue weighted by atomic mass is 16.5. The smallest absolute Gasteiger partial charge is 0.321 e. The zero-order chi connectivity index (χ0) is 16.2. The van der Waals surface area contributed by atoms with Crippen LogP contribution in [0.25, 0.3) is 0 Å². The Kier molecular flexibility index (Phi) is 5.18. The Morgan fingerprint density at radius 2 is 1.96 bits per heavy atom. The average Bonchev–Trinajstić information content (AvgIpc) is 2.99. The first-order valence-electron chi connectivity index (χ1n) is 8.62. The van der Waals surface area contributed by atoms with Crippen LogP contribution in [0.3, 0.4) is 0 Å². The molecular formula is C18H27N3O2. The molecule has 0 radical (unpaired) electrons. The molecule has 1 fully saturated rings. The van der Waals surface area contributed by atoms with Crippen LogP contribution in [-0.4, -0.2) is 56.4 Å². The fraction of sp³-hybridized carbons (Fsp3) is 0.611. The van der Waals surface area contributed by atoms with Gasteiger partial charge in [-0.25, -0.2) is 4.79 Å². The molecule has 0 aliphatic carbocycles. The lowest BCUT2D eigenvalue weighted by Gasteiger charge is -2.37. The summed E-state index contributed by atoms with van der Waals surface area (Å²) in [6.45, 7) is 9.38. The number of fused-ring (bicyclic) bond motifs is 1. The topological polar surface area (TPSA) is 44.8 Å². The van der Waals surface area contributed by atoms with Gasteiger partial charge in [-0.3, -0.25) is 9.80 Å². The zero-order valence-electron chi connectivity index (χ0n) is 14.1. The highest BCUT2D eigenvalue weighted by Gasteiger charge is 2.27. The van der Waals surface area contributed by atoms with Gasteiger partial charge >= 0.3 is 6.03 Å². The molecule has 1 atom stereocenters. The van der Waals surface area contributed by atoms with Gasteiger partial charge in [-0.2, -0.15) is 0 Å². The number of nitrogens with one attached hydrogen (secondary N) is 1. The molecule has 1 aromatic rings. The van der Waals surface area contributed by atoms with E-state index in [-0.39, 0.29) is 6.03 Å². The summed E-state index contributed by atoms with van der Waals surface area (Å²) >= 11 is 0. The second-order valence-electron chi connectivity index (χ2n) is 6.68. The monoisotopic (exact) mass is 317 g/mol. The van der Waals surface area contributed by atoms with Gasteiger partial charge in [0.05, 0.1) is 13.2 Å². The van der Waals surface area contributed by atoms with Crippen molar-refractivity contribution in [3.8, 4) is 0 Å². The van der Waals surface area contributed by atoms with Crippen molar-refractivity contribution in [2.45, 2.75) is 26.3 Å². The minimum atomic E-state index is 0.0221. The summed E-state index contributed by atoms with van der Waals surface area (Å²) in [6, 6.07) is 8.55. The summed E-state index contributed by atoms with van der Waals surface area (Å²) in [7, 11) is 0. The van der Waals surface area contributed by atoms with Crippen LogP contribution in [0.1, 0.15) is 19.4 Å². The van der Waals surface area contributed by atoms with Crippen molar-refractivity contribution in [3.63, 3.8) is 0 Å². The van der Waals surface area contributed by atoms with Crippen molar-refractivity contribution in [3.05, 3.63) is 29.8 Å². The second-order valence-corrected chi connectivity index (χ2v) is 6.68. The van der Waals surface area contributed by atoms with E-state index in [1.807, 2.05) is 23.1 Å². The minimum Gasteiger partial charge on any atom is -0.379 e. The first-order valence-corrected chi connectivity index (χ1v) is 8.62. The van der Waals surface area contributed by atoms with Crippen molar-refractivity contribution in [2.75, 3.05) is 44.3 Å². The highest BCUT2D eigenvalue weighted by molar-refractivity contribution is 5.94. The molecule has 0 spiro atoms. The molecule has 1 saturated heterocycles. The number of carbonyl (C=O) groups excluding carboxylic acids is 1. The molecule has 23 heavy (non-hydrogen) atoms. The molecule has 126 valence electrons. The van der Waals surface area contributed by atoms with Crippen LogP contribution in [0.4, 0.5) is 10.5 Å².